The summed E-state index contributed by atoms with van der Waals surface area (Å²) < 4.78 is 12.8. The molecule has 0 aliphatic carbocycles. The molecule has 1 saturated heterocycles. The number of hydrogen-bond donors (Lipinski definition) is 0. The topological polar surface area (TPSA) is 76.6 Å². The number of aryl methyl sites for hydroxylation is 3. The molecule has 0 unspecified atom stereocenters. The van der Waals surface area contributed by atoms with Crippen molar-refractivity contribution in [3.05, 3.63) is 39.8 Å². The van der Waals surface area contributed by atoms with Crippen LogP contribution in [0.3, 0.4) is 0 Å². The van der Waals surface area contributed by atoms with Gasteiger partial charge in [-0.15, -0.1) is 0 Å². The highest BCUT2D eigenvalue weighted by Gasteiger charge is 2.25. The third-order valence-corrected chi connectivity index (χ3v) is 4.84. The number of anilines is 1. The molecule has 142 valence electrons. The van der Waals surface area contributed by atoms with Gasteiger partial charge in [-0.3, -0.25) is 9.69 Å². The third-order valence-electron chi connectivity index (χ3n) is 4.84. The molecular weight excluding hydrogens is 334 g/mol. The highest BCUT2D eigenvalue weighted by molar-refractivity contribution is 5.34. The van der Waals surface area contributed by atoms with Gasteiger partial charge >= 0.3 is 0 Å². The van der Waals surface area contributed by atoms with Crippen molar-refractivity contribution in [2.24, 2.45) is 7.05 Å². The Morgan fingerprint density at radius 2 is 2.23 bits per heavy atom. The van der Waals surface area contributed by atoms with Gasteiger partial charge in [0.1, 0.15) is 5.76 Å². The van der Waals surface area contributed by atoms with Crippen molar-refractivity contribution in [1.82, 2.24) is 19.6 Å². The van der Waals surface area contributed by atoms with Crippen molar-refractivity contribution in [3.8, 4) is 0 Å². The van der Waals surface area contributed by atoms with Gasteiger partial charge in [-0.25, -0.2) is 4.98 Å². The maximum Gasteiger partial charge on any atom is 0.293 e. The van der Waals surface area contributed by atoms with Gasteiger partial charge < -0.3 is 18.7 Å². The van der Waals surface area contributed by atoms with Crippen LogP contribution in [-0.2, 0) is 24.8 Å². The van der Waals surface area contributed by atoms with Crippen LogP contribution in [0, 0.1) is 6.92 Å². The first-order valence-corrected chi connectivity index (χ1v) is 9.00. The number of likely N-dealkylation sites (N-methyl/N-ethyl adjacent to an activating group) is 1. The van der Waals surface area contributed by atoms with Crippen LogP contribution in [0.25, 0.3) is 0 Å². The predicted molar refractivity (Wildman–Crippen MR) is 98.4 cm³/mol. The molecule has 2 aromatic rings. The van der Waals surface area contributed by atoms with Crippen LogP contribution in [-0.4, -0.2) is 59.0 Å². The van der Waals surface area contributed by atoms with E-state index >= 15 is 0 Å². The molecule has 8 nitrogen and oxygen atoms in total. The molecule has 0 spiro atoms. The summed E-state index contributed by atoms with van der Waals surface area (Å²) in [6.07, 6.45) is 4.19. The van der Waals surface area contributed by atoms with Crippen LogP contribution >= 0.6 is 0 Å². The van der Waals surface area contributed by atoms with Crippen molar-refractivity contribution in [2.75, 3.05) is 38.2 Å². The summed E-state index contributed by atoms with van der Waals surface area (Å²) in [6.45, 7) is 7.82. The Bertz CT molecular complexity index is 800. The minimum atomic E-state index is -0.102. The van der Waals surface area contributed by atoms with Crippen LogP contribution in [0.1, 0.15) is 23.9 Å². The van der Waals surface area contributed by atoms with Crippen LogP contribution in [0.15, 0.2) is 21.7 Å². The highest BCUT2D eigenvalue weighted by atomic mass is 16.5. The van der Waals surface area contributed by atoms with Gasteiger partial charge in [0.05, 0.1) is 18.4 Å². The van der Waals surface area contributed by atoms with Crippen molar-refractivity contribution in [1.29, 1.82) is 0 Å². The number of rotatable bonds is 6. The normalized spacial score (nSPS) is 18.2. The van der Waals surface area contributed by atoms with Gasteiger partial charge in [0.25, 0.3) is 5.56 Å². The van der Waals surface area contributed by atoms with Crippen molar-refractivity contribution in [3.63, 3.8) is 0 Å². The van der Waals surface area contributed by atoms with E-state index in [1.165, 1.54) is 10.1 Å². The zero-order chi connectivity index (χ0) is 18.7. The lowest BCUT2D eigenvalue weighted by atomic mass is 10.1. The summed E-state index contributed by atoms with van der Waals surface area (Å²) in [4.78, 5) is 20.7. The summed E-state index contributed by atoms with van der Waals surface area (Å²) in [5, 5.41) is 4.14. The van der Waals surface area contributed by atoms with E-state index in [1.54, 1.807) is 19.4 Å². The van der Waals surface area contributed by atoms with Gasteiger partial charge in [0.2, 0.25) is 0 Å². The van der Waals surface area contributed by atoms with E-state index in [0.717, 1.165) is 37.5 Å². The van der Waals surface area contributed by atoms with E-state index in [4.69, 9.17) is 9.26 Å². The summed E-state index contributed by atoms with van der Waals surface area (Å²) in [5.41, 5.74) is 2.11. The van der Waals surface area contributed by atoms with Gasteiger partial charge in [0, 0.05) is 58.2 Å². The van der Waals surface area contributed by atoms with Crippen molar-refractivity contribution >= 4 is 5.82 Å². The monoisotopic (exact) mass is 361 g/mol. The SMILES string of the molecule is CCc1noc(C)c1CN1CCO[C@@H](CN(C)c2nccn(C)c2=O)C1. The zero-order valence-electron chi connectivity index (χ0n) is 15.9. The minimum absolute atomic E-state index is 0.0192. The highest BCUT2D eigenvalue weighted by Crippen LogP contribution is 2.18. The van der Waals surface area contributed by atoms with E-state index in [0.29, 0.717) is 19.0 Å². The average Bonchev–Trinajstić information content (AvgIpc) is 2.97. The molecule has 0 saturated carbocycles. The molecular formula is C18H27N5O3. The lowest BCUT2D eigenvalue weighted by molar-refractivity contribution is -0.0266. The summed E-state index contributed by atoms with van der Waals surface area (Å²) in [7, 11) is 3.61. The lowest BCUT2D eigenvalue weighted by Crippen LogP contribution is -2.47. The first-order valence-electron chi connectivity index (χ1n) is 9.00. The zero-order valence-corrected chi connectivity index (χ0v) is 15.9. The van der Waals surface area contributed by atoms with Gasteiger partial charge in [-0.05, 0) is 13.3 Å². The molecule has 3 heterocycles. The molecule has 0 bridgehead atoms. The Balaban J connectivity index is 1.64. The molecule has 26 heavy (non-hydrogen) atoms. The number of morpholine rings is 1. The summed E-state index contributed by atoms with van der Waals surface area (Å²) >= 11 is 0. The molecule has 2 aromatic heterocycles. The van der Waals surface area contributed by atoms with E-state index in [2.05, 4.69) is 22.0 Å². The summed E-state index contributed by atoms with van der Waals surface area (Å²) in [6, 6.07) is 0. The van der Waals surface area contributed by atoms with E-state index in [9.17, 15) is 4.79 Å². The number of nitrogens with zero attached hydrogens (tertiary/aromatic N) is 5. The van der Waals surface area contributed by atoms with Crippen molar-refractivity contribution in [2.45, 2.75) is 32.9 Å². The largest absolute Gasteiger partial charge is 0.374 e. The van der Waals surface area contributed by atoms with Crippen LogP contribution < -0.4 is 10.5 Å². The Morgan fingerprint density at radius 3 is 3.00 bits per heavy atom. The van der Waals surface area contributed by atoms with Crippen LogP contribution in [0.2, 0.25) is 0 Å². The number of hydrogen-bond acceptors (Lipinski definition) is 7. The van der Waals surface area contributed by atoms with Crippen molar-refractivity contribution < 1.29 is 9.26 Å². The minimum Gasteiger partial charge on any atom is -0.374 e. The number of ether oxygens (including phenoxy) is 1. The molecule has 1 aliphatic rings. The Hall–Kier alpha value is -2.19. The molecule has 1 atom stereocenters. The van der Waals surface area contributed by atoms with Gasteiger partial charge in [-0.2, -0.15) is 0 Å². The molecule has 1 aliphatic heterocycles. The maximum absolute atomic E-state index is 12.2. The van der Waals surface area contributed by atoms with Gasteiger partial charge in [-0.1, -0.05) is 12.1 Å². The molecule has 3 rings (SSSR count). The van der Waals surface area contributed by atoms with Crippen LogP contribution in [0.5, 0.6) is 0 Å². The van der Waals surface area contributed by atoms with E-state index in [-0.39, 0.29) is 11.7 Å². The predicted octanol–water partition coefficient (Wildman–Crippen LogP) is 0.976. The smallest absolute Gasteiger partial charge is 0.293 e. The first kappa shape index (κ1) is 18.6. The van der Waals surface area contributed by atoms with E-state index in [1.807, 2.05) is 18.9 Å². The second kappa shape index (κ2) is 8.01. The van der Waals surface area contributed by atoms with Crippen LogP contribution in [0.4, 0.5) is 5.82 Å². The quantitative estimate of drug-likeness (QED) is 0.759. The molecule has 0 aromatic carbocycles. The summed E-state index contributed by atoms with van der Waals surface area (Å²) in [5.74, 6) is 1.33. The first-order chi connectivity index (χ1) is 12.5. The Morgan fingerprint density at radius 1 is 1.42 bits per heavy atom. The fourth-order valence-electron chi connectivity index (χ4n) is 3.31. The maximum atomic E-state index is 12.2. The third kappa shape index (κ3) is 3.96. The second-order valence-corrected chi connectivity index (χ2v) is 6.79. The number of aromatic nitrogens is 3. The standard InChI is InChI=1S/C18H27N5O3/c1-5-16-15(13(2)26-20-16)12-23-8-9-25-14(11-23)10-22(4)17-18(24)21(3)7-6-19-17/h6-7,14H,5,8-12H2,1-4H3/t14-/m0/s1. The molecule has 0 N–H and O–H groups in total. The molecule has 0 radical (unpaired) electrons. The Kier molecular flexibility index (Phi) is 5.73. The second-order valence-electron chi connectivity index (χ2n) is 6.79. The average molecular weight is 361 g/mol. The van der Waals surface area contributed by atoms with E-state index < -0.39 is 0 Å². The lowest BCUT2D eigenvalue weighted by Gasteiger charge is -2.34. The fourth-order valence-corrected chi connectivity index (χ4v) is 3.31. The Labute approximate surface area is 153 Å². The molecule has 0 amide bonds. The molecule has 1 fully saturated rings. The fraction of sp³-hybridized carbons (Fsp3) is 0.611. The molecule has 8 heteroatoms. The van der Waals surface area contributed by atoms with Gasteiger partial charge in [0.15, 0.2) is 5.82 Å².